The van der Waals surface area contributed by atoms with E-state index in [2.05, 4.69) is 26.1 Å². The Hall–Kier alpha value is -3.38. The van der Waals surface area contributed by atoms with Crippen molar-refractivity contribution in [1.82, 2.24) is 25.4 Å². The lowest BCUT2D eigenvalue weighted by molar-refractivity contribution is -0.113. The summed E-state index contributed by atoms with van der Waals surface area (Å²) in [6, 6.07) is 14.4. The number of hydrogen-bond donors (Lipinski definition) is 3. The van der Waals surface area contributed by atoms with E-state index in [0.717, 1.165) is 41.7 Å². The van der Waals surface area contributed by atoms with Crippen LogP contribution >= 0.6 is 46.3 Å². The molecule has 0 aliphatic heterocycles. The number of nitrogens with zero attached hydrogens (tertiary/aromatic N) is 3. The van der Waals surface area contributed by atoms with Crippen molar-refractivity contribution in [2.75, 3.05) is 11.1 Å². The van der Waals surface area contributed by atoms with Crippen molar-refractivity contribution >= 4 is 69.0 Å². The molecule has 2 aromatic carbocycles. The predicted molar refractivity (Wildman–Crippen MR) is 167 cm³/mol. The second kappa shape index (κ2) is 13.7. The summed E-state index contributed by atoms with van der Waals surface area (Å²) in [4.78, 5) is 39.9. The summed E-state index contributed by atoms with van der Waals surface area (Å²) in [6.07, 6.45) is 3.83. The molecule has 0 unspecified atom stereocenters. The van der Waals surface area contributed by atoms with Crippen LogP contribution in [0.3, 0.4) is 0 Å². The quantitative estimate of drug-likeness (QED) is 0.192. The summed E-state index contributed by atoms with van der Waals surface area (Å²) in [5.74, 6) is -0.146. The fraction of sp³-hybridized carbons (Fsp3) is 0.276. The Morgan fingerprint density at radius 2 is 1.71 bits per heavy atom. The Balaban J connectivity index is 1.19. The van der Waals surface area contributed by atoms with Crippen LogP contribution in [-0.4, -0.2) is 38.2 Å². The standard InChI is InChI=1S/C29H28Cl2N6O3S2/c1-37-23(15-33-26(39)18-11-12-20(30)21(31)13-18)35-36-29(37)41-16-24(38)34-28-25(19-9-5-6-10-22(19)42-28)27(40)32-14-17-7-3-2-4-8-17/h2-4,7-8,11-13H,5-6,9-10,14-16H2,1H3,(H,32,40)(H,33,39)(H,34,38). The van der Waals surface area contributed by atoms with Gasteiger partial charge in [0, 0.05) is 24.0 Å². The van der Waals surface area contributed by atoms with Gasteiger partial charge in [0.1, 0.15) is 5.00 Å². The summed E-state index contributed by atoms with van der Waals surface area (Å²) in [6.45, 7) is 0.549. The van der Waals surface area contributed by atoms with E-state index in [9.17, 15) is 14.4 Å². The number of amides is 3. The number of aromatic nitrogens is 3. The molecule has 42 heavy (non-hydrogen) atoms. The van der Waals surface area contributed by atoms with Crippen molar-refractivity contribution in [2.45, 2.75) is 43.9 Å². The molecule has 3 N–H and O–H groups in total. The Kier molecular flexibility index (Phi) is 9.84. The van der Waals surface area contributed by atoms with Crippen molar-refractivity contribution in [3.63, 3.8) is 0 Å². The summed E-state index contributed by atoms with van der Waals surface area (Å²) < 4.78 is 1.72. The Labute approximate surface area is 261 Å². The molecule has 0 atom stereocenters. The molecule has 13 heteroatoms. The maximum absolute atomic E-state index is 13.3. The van der Waals surface area contributed by atoms with Gasteiger partial charge in [-0.3, -0.25) is 14.4 Å². The molecule has 9 nitrogen and oxygen atoms in total. The number of rotatable bonds is 10. The van der Waals surface area contributed by atoms with Crippen LogP contribution in [0.15, 0.2) is 53.7 Å². The highest BCUT2D eigenvalue weighted by molar-refractivity contribution is 7.99. The van der Waals surface area contributed by atoms with Crippen LogP contribution < -0.4 is 16.0 Å². The van der Waals surface area contributed by atoms with Crippen LogP contribution in [-0.2, 0) is 37.8 Å². The highest BCUT2D eigenvalue weighted by Gasteiger charge is 2.26. The van der Waals surface area contributed by atoms with E-state index < -0.39 is 0 Å². The van der Waals surface area contributed by atoms with Gasteiger partial charge in [-0.2, -0.15) is 0 Å². The molecule has 0 spiro atoms. The predicted octanol–water partition coefficient (Wildman–Crippen LogP) is 5.65. The van der Waals surface area contributed by atoms with E-state index in [1.165, 1.54) is 29.2 Å². The van der Waals surface area contributed by atoms with Gasteiger partial charge in [-0.25, -0.2) is 0 Å². The van der Waals surface area contributed by atoms with Crippen LogP contribution in [0.25, 0.3) is 0 Å². The average molecular weight is 644 g/mol. The molecule has 2 heterocycles. The van der Waals surface area contributed by atoms with Crippen molar-refractivity contribution in [3.05, 3.63) is 91.5 Å². The molecule has 0 bridgehead atoms. The van der Waals surface area contributed by atoms with Gasteiger partial charge in [-0.15, -0.1) is 21.5 Å². The van der Waals surface area contributed by atoms with E-state index >= 15 is 0 Å². The average Bonchev–Trinajstić information content (AvgIpc) is 3.54. The molecule has 5 rings (SSSR count). The SMILES string of the molecule is Cn1c(CNC(=O)c2ccc(Cl)c(Cl)c2)nnc1SCC(=O)Nc1sc2c(c1C(=O)NCc1ccccc1)CCCC2. The molecule has 0 saturated heterocycles. The zero-order valence-corrected chi connectivity index (χ0v) is 25.9. The fourth-order valence-corrected chi connectivity index (χ4v) is 6.91. The number of halogens is 2. The number of thioether (sulfide) groups is 1. The van der Waals surface area contributed by atoms with E-state index in [4.69, 9.17) is 23.2 Å². The number of hydrogen-bond acceptors (Lipinski definition) is 7. The Morgan fingerprint density at radius 1 is 0.952 bits per heavy atom. The molecule has 0 radical (unpaired) electrons. The maximum Gasteiger partial charge on any atom is 0.254 e. The van der Waals surface area contributed by atoms with Gasteiger partial charge in [-0.05, 0) is 55.0 Å². The number of thiophene rings is 1. The number of fused-ring (bicyclic) bond motifs is 1. The molecule has 1 aliphatic rings. The first kappa shape index (κ1) is 30.1. The highest BCUT2D eigenvalue weighted by Crippen LogP contribution is 2.38. The number of aryl methyl sites for hydroxylation is 1. The van der Waals surface area contributed by atoms with Crippen LogP contribution in [0.4, 0.5) is 5.00 Å². The summed E-state index contributed by atoms with van der Waals surface area (Å²) in [7, 11) is 1.77. The van der Waals surface area contributed by atoms with Crippen LogP contribution in [0.1, 0.15) is 55.4 Å². The van der Waals surface area contributed by atoms with Crippen molar-refractivity contribution < 1.29 is 14.4 Å². The Bertz CT molecular complexity index is 1620. The molecule has 0 fully saturated rings. The van der Waals surface area contributed by atoms with Crippen molar-refractivity contribution in [3.8, 4) is 0 Å². The molecular weight excluding hydrogens is 615 g/mol. The highest BCUT2D eigenvalue weighted by atomic mass is 35.5. The first-order valence-electron chi connectivity index (χ1n) is 13.3. The largest absolute Gasteiger partial charge is 0.348 e. The molecule has 0 saturated carbocycles. The second-order valence-electron chi connectivity index (χ2n) is 9.69. The van der Waals surface area contributed by atoms with Gasteiger partial charge in [-0.1, -0.05) is 65.3 Å². The number of carbonyl (C=O) groups excluding carboxylic acids is 3. The maximum atomic E-state index is 13.3. The van der Waals surface area contributed by atoms with E-state index in [1.54, 1.807) is 23.7 Å². The zero-order chi connectivity index (χ0) is 29.6. The molecule has 3 amide bonds. The lowest BCUT2D eigenvalue weighted by atomic mass is 9.95. The van der Waals surface area contributed by atoms with Crippen LogP contribution in [0.2, 0.25) is 10.0 Å². The third kappa shape index (κ3) is 7.15. The number of benzene rings is 2. The van der Waals surface area contributed by atoms with Gasteiger partial charge in [0.25, 0.3) is 11.8 Å². The number of carbonyl (C=O) groups is 3. The summed E-state index contributed by atoms with van der Waals surface area (Å²) >= 11 is 14.6. The van der Waals surface area contributed by atoms with Gasteiger partial charge in [0.05, 0.1) is 27.9 Å². The van der Waals surface area contributed by atoms with Crippen LogP contribution in [0, 0.1) is 0 Å². The van der Waals surface area contributed by atoms with E-state index in [0.29, 0.717) is 43.7 Å². The monoisotopic (exact) mass is 642 g/mol. The molecule has 218 valence electrons. The number of anilines is 1. The molecule has 4 aromatic rings. The van der Waals surface area contributed by atoms with Crippen molar-refractivity contribution in [2.24, 2.45) is 7.05 Å². The smallest absolute Gasteiger partial charge is 0.254 e. The van der Waals surface area contributed by atoms with E-state index in [1.807, 2.05) is 30.3 Å². The van der Waals surface area contributed by atoms with Gasteiger partial charge >= 0.3 is 0 Å². The molecule has 1 aliphatic carbocycles. The number of nitrogens with one attached hydrogen (secondary N) is 3. The van der Waals surface area contributed by atoms with Gasteiger partial charge in [0.2, 0.25) is 5.91 Å². The third-order valence-electron chi connectivity index (χ3n) is 6.79. The fourth-order valence-electron chi connectivity index (χ4n) is 4.58. The van der Waals surface area contributed by atoms with E-state index in [-0.39, 0.29) is 30.0 Å². The summed E-state index contributed by atoms with van der Waals surface area (Å²) in [5, 5.41) is 18.9. The lowest BCUT2D eigenvalue weighted by Gasteiger charge is -2.13. The minimum absolute atomic E-state index is 0.0786. The zero-order valence-electron chi connectivity index (χ0n) is 22.7. The Morgan fingerprint density at radius 3 is 2.50 bits per heavy atom. The lowest BCUT2D eigenvalue weighted by Crippen LogP contribution is -2.25. The van der Waals surface area contributed by atoms with Crippen molar-refractivity contribution in [1.29, 1.82) is 0 Å². The summed E-state index contributed by atoms with van der Waals surface area (Å²) in [5.41, 5.74) is 3.00. The topological polar surface area (TPSA) is 118 Å². The molecular formula is C29H28Cl2N6O3S2. The van der Waals surface area contributed by atoms with Gasteiger partial charge < -0.3 is 20.5 Å². The third-order valence-corrected chi connectivity index (χ3v) is 9.76. The first-order chi connectivity index (χ1) is 20.3. The molecule has 2 aromatic heterocycles. The minimum atomic E-state index is -0.326. The minimum Gasteiger partial charge on any atom is -0.348 e. The normalized spacial score (nSPS) is 12.5. The van der Waals surface area contributed by atoms with Crippen LogP contribution in [0.5, 0.6) is 0 Å². The second-order valence-corrected chi connectivity index (χ2v) is 12.6. The first-order valence-corrected chi connectivity index (χ1v) is 15.9. The van der Waals surface area contributed by atoms with Gasteiger partial charge in [0.15, 0.2) is 11.0 Å².